The van der Waals surface area contributed by atoms with Crippen LogP contribution in [-0.2, 0) is 4.79 Å². The number of nitrogens with zero attached hydrogens (tertiary/aromatic N) is 1. The van der Waals surface area contributed by atoms with Crippen molar-refractivity contribution >= 4 is 29.0 Å². The third-order valence-electron chi connectivity index (χ3n) is 4.06. The molecule has 1 aromatic heterocycles. The van der Waals surface area contributed by atoms with Crippen LogP contribution in [0.25, 0.3) is 0 Å². The van der Waals surface area contributed by atoms with Crippen LogP contribution in [0.4, 0.5) is 0 Å². The van der Waals surface area contributed by atoms with Crippen molar-refractivity contribution in [3.63, 3.8) is 0 Å². The van der Waals surface area contributed by atoms with Crippen LogP contribution in [0.2, 0.25) is 0 Å². The van der Waals surface area contributed by atoms with Crippen LogP contribution in [0.15, 0.2) is 16.8 Å². The number of carbonyl (C=O) groups is 1. The van der Waals surface area contributed by atoms with Gasteiger partial charge in [0.1, 0.15) is 6.17 Å². The molecule has 2 heterocycles. The molecule has 1 fully saturated rings. The van der Waals surface area contributed by atoms with Crippen LogP contribution in [0.3, 0.4) is 0 Å². The molecule has 2 atom stereocenters. The maximum absolute atomic E-state index is 12.8. The Kier molecular flexibility index (Phi) is 5.74. The van der Waals surface area contributed by atoms with Gasteiger partial charge in [0.2, 0.25) is 5.91 Å². The molecule has 1 saturated heterocycles. The second-order valence-corrected chi connectivity index (χ2v) is 8.54. The molecule has 0 radical (unpaired) electrons. The normalized spacial score (nSPS) is 23.0. The predicted molar refractivity (Wildman–Crippen MR) is 92.8 cm³/mol. The van der Waals surface area contributed by atoms with Crippen molar-refractivity contribution in [2.75, 3.05) is 12.8 Å². The SMILES string of the molecule is CCCCC1NC(c2ccsc2)N(CC(C)(C)SC)C1=O. The molecule has 1 aromatic rings. The van der Waals surface area contributed by atoms with Crippen molar-refractivity contribution in [2.45, 2.75) is 57.0 Å². The Balaban J connectivity index is 2.17. The van der Waals surface area contributed by atoms with E-state index in [1.807, 2.05) is 16.7 Å². The largest absolute Gasteiger partial charge is 0.320 e. The van der Waals surface area contributed by atoms with E-state index in [1.165, 1.54) is 5.56 Å². The number of rotatable bonds is 7. The molecule has 2 rings (SSSR count). The van der Waals surface area contributed by atoms with Crippen LogP contribution in [0.5, 0.6) is 0 Å². The molecule has 2 unspecified atom stereocenters. The number of amides is 1. The minimum Gasteiger partial charge on any atom is -0.320 e. The van der Waals surface area contributed by atoms with E-state index in [4.69, 9.17) is 0 Å². The fourth-order valence-corrected chi connectivity index (χ4v) is 3.59. The molecule has 3 nitrogen and oxygen atoms in total. The molecule has 5 heteroatoms. The summed E-state index contributed by atoms with van der Waals surface area (Å²) in [7, 11) is 0. The number of unbranched alkanes of at least 4 members (excludes halogenated alkanes) is 1. The summed E-state index contributed by atoms with van der Waals surface area (Å²) >= 11 is 3.50. The van der Waals surface area contributed by atoms with Gasteiger partial charge in [-0.25, -0.2) is 0 Å². The molecule has 0 saturated carbocycles. The number of carbonyl (C=O) groups excluding carboxylic acids is 1. The standard InChI is InChI=1S/C16H26N2OS2/c1-5-6-7-13-15(19)18(11-16(2,3)20-4)14(17-13)12-8-9-21-10-12/h8-10,13-14,17H,5-7,11H2,1-4H3. The Hall–Kier alpha value is -0.520. The van der Waals surface area contributed by atoms with Gasteiger partial charge >= 0.3 is 0 Å². The molecule has 1 N–H and O–H groups in total. The first-order chi connectivity index (χ1) is 9.98. The average Bonchev–Trinajstić information content (AvgIpc) is 3.07. The van der Waals surface area contributed by atoms with Crippen LogP contribution >= 0.6 is 23.1 Å². The summed E-state index contributed by atoms with van der Waals surface area (Å²) in [5.41, 5.74) is 1.21. The summed E-state index contributed by atoms with van der Waals surface area (Å²) < 4.78 is 0.0747. The molecule has 1 aliphatic heterocycles. The Bertz CT molecular complexity index is 459. The van der Waals surface area contributed by atoms with E-state index in [0.29, 0.717) is 0 Å². The highest BCUT2D eigenvalue weighted by Crippen LogP contribution is 2.32. The first-order valence-corrected chi connectivity index (χ1v) is 9.79. The van der Waals surface area contributed by atoms with E-state index >= 15 is 0 Å². The zero-order chi connectivity index (χ0) is 15.5. The fraction of sp³-hybridized carbons (Fsp3) is 0.688. The molecule has 0 bridgehead atoms. The lowest BCUT2D eigenvalue weighted by Gasteiger charge is -2.32. The van der Waals surface area contributed by atoms with E-state index in [2.05, 4.69) is 49.2 Å². The van der Waals surface area contributed by atoms with E-state index in [0.717, 1.165) is 25.8 Å². The third kappa shape index (κ3) is 4.02. The van der Waals surface area contributed by atoms with Crippen LogP contribution < -0.4 is 5.32 Å². The Morgan fingerprint density at radius 1 is 1.48 bits per heavy atom. The van der Waals surface area contributed by atoms with Crippen LogP contribution in [0.1, 0.15) is 51.8 Å². The monoisotopic (exact) mass is 326 g/mol. The summed E-state index contributed by atoms with van der Waals surface area (Å²) in [4.78, 5) is 14.8. The van der Waals surface area contributed by atoms with Gasteiger partial charge in [0.15, 0.2) is 0 Å². The molecule has 118 valence electrons. The average molecular weight is 327 g/mol. The van der Waals surface area contributed by atoms with Gasteiger partial charge < -0.3 is 4.90 Å². The number of nitrogens with one attached hydrogen (secondary N) is 1. The van der Waals surface area contributed by atoms with Gasteiger partial charge in [0.25, 0.3) is 0 Å². The fourth-order valence-electron chi connectivity index (χ4n) is 2.65. The van der Waals surface area contributed by atoms with Crippen molar-refractivity contribution in [1.29, 1.82) is 0 Å². The highest BCUT2D eigenvalue weighted by molar-refractivity contribution is 7.99. The van der Waals surface area contributed by atoms with Gasteiger partial charge in [-0.2, -0.15) is 23.1 Å². The first-order valence-electron chi connectivity index (χ1n) is 7.62. The van der Waals surface area contributed by atoms with Crippen molar-refractivity contribution in [3.05, 3.63) is 22.4 Å². The zero-order valence-electron chi connectivity index (χ0n) is 13.4. The molecular weight excluding hydrogens is 300 g/mol. The van der Waals surface area contributed by atoms with Crippen molar-refractivity contribution in [2.24, 2.45) is 0 Å². The summed E-state index contributed by atoms with van der Waals surface area (Å²) in [6, 6.07) is 2.10. The molecule has 1 amide bonds. The summed E-state index contributed by atoms with van der Waals surface area (Å²) in [6.07, 6.45) is 5.32. The Morgan fingerprint density at radius 3 is 2.81 bits per heavy atom. The first kappa shape index (κ1) is 16.8. The maximum Gasteiger partial charge on any atom is 0.241 e. The minimum absolute atomic E-state index is 0.0208. The smallest absolute Gasteiger partial charge is 0.241 e. The Morgan fingerprint density at radius 2 is 2.24 bits per heavy atom. The van der Waals surface area contributed by atoms with Crippen molar-refractivity contribution < 1.29 is 4.79 Å². The molecule has 21 heavy (non-hydrogen) atoms. The third-order valence-corrected chi connectivity index (χ3v) is 6.00. The van der Waals surface area contributed by atoms with Gasteiger partial charge in [-0.3, -0.25) is 10.1 Å². The number of hydrogen-bond donors (Lipinski definition) is 1. The lowest BCUT2D eigenvalue weighted by atomic mass is 10.1. The molecule has 0 aliphatic carbocycles. The lowest BCUT2D eigenvalue weighted by molar-refractivity contribution is -0.130. The van der Waals surface area contributed by atoms with Gasteiger partial charge in [-0.05, 0) is 48.9 Å². The number of thioether (sulfide) groups is 1. The topological polar surface area (TPSA) is 32.3 Å². The number of thiophene rings is 1. The second-order valence-electron chi connectivity index (χ2n) is 6.25. The minimum atomic E-state index is -0.0208. The summed E-state index contributed by atoms with van der Waals surface area (Å²) in [5, 5.41) is 7.78. The molecule has 0 spiro atoms. The van der Waals surface area contributed by atoms with Gasteiger partial charge in [-0.1, -0.05) is 19.8 Å². The zero-order valence-corrected chi connectivity index (χ0v) is 15.0. The van der Waals surface area contributed by atoms with Crippen LogP contribution in [-0.4, -0.2) is 34.4 Å². The van der Waals surface area contributed by atoms with Gasteiger partial charge in [0, 0.05) is 11.3 Å². The maximum atomic E-state index is 12.8. The van der Waals surface area contributed by atoms with E-state index in [1.54, 1.807) is 11.3 Å². The van der Waals surface area contributed by atoms with Crippen molar-refractivity contribution in [3.8, 4) is 0 Å². The predicted octanol–water partition coefficient (Wildman–Crippen LogP) is 3.88. The summed E-state index contributed by atoms with van der Waals surface area (Å²) in [5.74, 6) is 0.266. The quantitative estimate of drug-likeness (QED) is 0.825. The van der Waals surface area contributed by atoms with Crippen molar-refractivity contribution in [1.82, 2.24) is 10.2 Å². The van der Waals surface area contributed by atoms with E-state index in [9.17, 15) is 4.79 Å². The van der Waals surface area contributed by atoms with Crippen LogP contribution in [0, 0.1) is 0 Å². The Labute approximate surface area is 136 Å². The van der Waals surface area contributed by atoms with Gasteiger partial charge in [0.05, 0.1) is 6.04 Å². The summed E-state index contributed by atoms with van der Waals surface area (Å²) in [6.45, 7) is 7.36. The molecule has 0 aromatic carbocycles. The highest BCUT2D eigenvalue weighted by Gasteiger charge is 2.41. The second kappa shape index (κ2) is 7.16. The lowest BCUT2D eigenvalue weighted by Crippen LogP contribution is -2.40. The highest BCUT2D eigenvalue weighted by atomic mass is 32.2. The van der Waals surface area contributed by atoms with E-state index in [-0.39, 0.29) is 22.9 Å². The van der Waals surface area contributed by atoms with Gasteiger partial charge in [-0.15, -0.1) is 0 Å². The number of hydrogen-bond acceptors (Lipinski definition) is 4. The van der Waals surface area contributed by atoms with E-state index < -0.39 is 0 Å². The molecule has 1 aliphatic rings. The molecular formula is C16H26N2OS2.